The van der Waals surface area contributed by atoms with Crippen molar-refractivity contribution in [2.75, 3.05) is 16.7 Å². The number of nitrogens with zero attached hydrogens (tertiary/aromatic N) is 1. The molecule has 0 bridgehead atoms. The van der Waals surface area contributed by atoms with Crippen LogP contribution in [0.15, 0.2) is 83.8 Å². The molecule has 3 aromatic carbocycles. The Kier molecular flexibility index (Phi) is 6.42. The van der Waals surface area contributed by atoms with Crippen molar-refractivity contribution in [3.8, 4) is 5.75 Å². The smallest absolute Gasteiger partial charge is 0.264 e. The number of ether oxygens (including phenoxy) is 1. The average Bonchev–Trinajstić information content (AvgIpc) is 2.75. The summed E-state index contributed by atoms with van der Waals surface area (Å²) in [6.07, 6.45) is 0.0705. The number of para-hydroxylation sites is 1. The average molecular weight is 425 g/mol. The Balaban J connectivity index is 1.71. The lowest BCUT2D eigenvalue weighted by atomic mass is 10.2. The number of sulfonamides is 1. The lowest BCUT2D eigenvalue weighted by Gasteiger charge is -2.19. The lowest BCUT2D eigenvalue weighted by molar-refractivity contribution is 0.102. The molecule has 0 fully saturated rings. The van der Waals surface area contributed by atoms with Crippen LogP contribution in [0.25, 0.3) is 0 Å². The van der Waals surface area contributed by atoms with E-state index in [2.05, 4.69) is 5.32 Å². The summed E-state index contributed by atoms with van der Waals surface area (Å²) >= 11 is 0. The van der Waals surface area contributed by atoms with Crippen molar-refractivity contribution in [3.05, 3.63) is 84.4 Å². The zero-order valence-corrected chi connectivity index (χ0v) is 17.9. The van der Waals surface area contributed by atoms with Crippen LogP contribution < -0.4 is 14.4 Å². The van der Waals surface area contributed by atoms with E-state index >= 15 is 0 Å². The quantitative estimate of drug-likeness (QED) is 0.604. The molecule has 1 amide bonds. The third-order valence-electron chi connectivity index (χ3n) is 4.38. The number of hydrogen-bond acceptors (Lipinski definition) is 4. The van der Waals surface area contributed by atoms with Crippen molar-refractivity contribution in [2.24, 2.45) is 0 Å². The van der Waals surface area contributed by atoms with Gasteiger partial charge in [0.2, 0.25) is 0 Å². The zero-order valence-electron chi connectivity index (χ0n) is 17.1. The highest BCUT2D eigenvalue weighted by Crippen LogP contribution is 2.22. The molecule has 0 aliphatic carbocycles. The Morgan fingerprint density at radius 1 is 0.900 bits per heavy atom. The Bertz CT molecular complexity index is 1090. The standard InChI is InChI=1S/C23H24N2O4S/c1-17(2)29-21-13-11-19(12-14-21)24-23(26)18-9-15-22(16-10-18)30(27,28)25(3)20-7-5-4-6-8-20/h4-17H,1-3H3,(H,24,26). The van der Waals surface area contributed by atoms with Gasteiger partial charge in [-0.15, -0.1) is 0 Å². The van der Waals surface area contributed by atoms with Gasteiger partial charge < -0.3 is 10.1 Å². The van der Waals surface area contributed by atoms with Crippen LogP contribution in [0.4, 0.5) is 11.4 Å². The number of nitrogens with one attached hydrogen (secondary N) is 1. The van der Waals surface area contributed by atoms with Crippen LogP contribution in [0.5, 0.6) is 5.75 Å². The van der Waals surface area contributed by atoms with Gasteiger partial charge in [0.15, 0.2) is 0 Å². The van der Waals surface area contributed by atoms with Crippen LogP contribution in [0.3, 0.4) is 0 Å². The molecule has 1 N–H and O–H groups in total. The molecule has 156 valence electrons. The van der Waals surface area contributed by atoms with Crippen molar-refractivity contribution in [3.63, 3.8) is 0 Å². The van der Waals surface area contributed by atoms with E-state index in [4.69, 9.17) is 4.74 Å². The molecule has 30 heavy (non-hydrogen) atoms. The van der Waals surface area contributed by atoms with Crippen LogP contribution in [0.1, 0.15) is 24.2 Å². The first kappa shape index (κ1) is 21.4. The molecule has 3 rings (SSSR count). The molecule has 7 heteroatoms. The van der Waals surface area contributed by atoms with Crippen LogP contribution >= 0.6 is 0 Å². The first-order valence-electron chi connectivity index (χ1n) is 9.49. The molecule has 0 radical (unpaired) electrons. The lowest BCUT2D eigenvalue weighted by Crippen LogP contribution is -2.26. The van der Waals surface area contributed by atoms with Crippen molar-refractivity contribution < 1.29 is 17.9 Å². The van der Waals surface area contributed by atoms with Gasteiger partial charge in [-0.3, -0.25) is 9.10 Å². The minimum absolute atomic E-state index is 0.0705. The second-order valence-electron chi connectivity index (χ2n) is 6.98. The van der Waals surface area contributed by atoms with Crippen molar-refractivity contribution in [1.29, 1.82) is 0 Å². The highest BCUT2D eigenvalue weighted by molar-refractivity contribution is 7.92. The fourth-order valence-electron chi connectivity index (χ4n) is 2.81. The summed E-state index contributed by atoms with van der Waals surface area (Å²) in [4.78, 5) is 12.6. The Morgan fingerprint density at radius 3 is 2.07 bits per heavy atom. The first-order chi connectivity index (χ1) is 14.3. The molecule has 0 atom stereocenters. The number of amides is 1. The molecule has 0 unspecified atom stereocenters. The minimum Gasteiger partial charge on any atom is -0.491 e. The molecule has 0 spiro atoms. The van der Waals surface area contributed by atoms with Crippen molar-refractivity contribution in [1.82, 2.24) is 0 Å². The number of benzene rings is 3. The molecule has 0 aliphatic rings. The molecule has 0 aliphatic heterocycles. The normalized spacial score (nSPS) is 11.2. The number of anilines is 2. The van der Waals surface area contributed by atoms with E-state index < -0.39 is 10.0 Å². The predicted molar refractivity (Wildman–Crippen MR) is 119 cm³/mol. The van der Waals surface area contributed by atoms with Gasteiger partial charge in [-0.2, -0.15) is 0 Å². The van der Waals surface area contributed by atoms with E-state index in [1.54, 1.807) is 48.5 Å². The second-order valence-corrected chi connectivity index (χ2v) is 8.95. The van der Waals surface area contributed by atoms with E-state index in [1.807, 2.05) is 19.9 Å². The molecule has 0 saturated heterocycles. The summed E-state index contributed by atoms with van der Waals surface area (Å²) in [5.74, 6) is 0.396. The van der Waals surface area contributed by atoms with E-state index in [0.29, 0.717) is 16.9 Å². The van der Waals surface area contributed by atoms with Crippen LogP contribution in [0, 0.1) is 0 Å². The molecule has 6 nitrogen and oxygen atoms in total. The van der Waals surface area contributed by atoms with E-state index in [0.717, 1.165) is 5.75 Å². The fraction of sp³-hybridized carbons (Fsp3) is 0.174. The minimum atomic E-state index is -3.72. The van der Waals surface area contributed by atoms with Gasteiger partial charge in [0.25, 0.3) is 15.9 Å². The molecular formula is C23H24N2O4S. The maximum absolute atomic E-state index is 12.8. The van der Waals surface area contributed by atoms with Crippen molar-refractivity contribution in [2.45, 2.75) is 24.8 Å². The van der Waals surface area contributed by atoms with Gasteiger partial charge >= 0.3 is 0 Å². The van der Waals surface area contributed by atoms with Crippen LogP contribution in [-0.4, -0.2) is 27.5 Å². The fourth-order valence-corrected chi connectivity index (χ4v) is 4.00. The molecular weight excluding hydrogens is 400 g/mol. The van der Waals surface area contributed by atoms with E-state index in [1.165, 1.54) is 35.6 Å². The topological polar surface area (TPSA) is 75.7 Å². The van der Waals surface area contributed by atoms with Crippen molar-refractivity contribution >= 4 is 27.3 Å². The summed E-state index contributed by atoms with van der Waals surface area (Å²) in [7, 11) is -2.22. The first-order valence-corrected chi connectivity index (χ1v) is 10.9. The number of hydrogen-bond donors (Lipinski definition) is 1. The van der Waals surface area contributed by atoms with Gasteiger partial charge in [0, 0.05) is 18.3 Å². The van der Waals surface area contributed by atoms with E-state index in [9.17, 15) is 13.2 Å². The summed E-state index contributed by atoms with van der Waals surface area (Å²) in [5.41, 5.74) is 1.54. The maximum atomic E-state index is 12.8. The Labute approximate surface area is 177 Å². The van der Waals surface area contributed by atoms with Crippen LogP contribution in [-0.2, 0) is 10.0 Å². The molecule has 0 heterocycles. The largest absolute Gasteiger partial charge is 0.491 e. The third-order valence-corrected chi connectivity index (χ3v) is 6.18. The summed E-state index contributed by atoms with van der Waals surface area (Å²) in [6, 6.07) is 21.7. The van der Waals surface area contributed by atoms with Gasteiger partial charge in [-0.1, -0.05) is 18.2 Å². The molecule has 0 saturated carbocycles. The summed E-state index contributed by atoms with van der Waals surface area (Å²) in [5, 5.41) is 2.79. The van der Waals surface area contributed by atoms with Gasteiger partial charge in [0.1, 0.15) is 5.75 Å². The monoisotopic (exact) mass is 424 g/mol. The molecule has 3 aromatic rings. The summed E-state index contributed by atoms with van der Waals surface area (Å²) in [6.45, 7) is 3.88. The van der Waals surface area contributed by atoms with Gasteiger partial charge in [-0.25, -0.2) is 8.42 Å². The highest BCUT2D eigenvalue weighted by Gasteiger charge is 2.21. The third kappa shape index (κ3) is 4.99. The number of carbonyl (C=O) groups is 1. The SMILES string of the molecule is CC(C)Oc1ccc(NC(=O)c2ccc(S(=O)(=O)N(C)c3ccccc3)cc2)cc1. The zero-order chi connectivity index (χ0) is 21.7. The highest BCUT2D eigenvalue weighted by atomic mass is 32.2. The second kappa shape index (κ2) is 9.00. The summed E-state index contributed by atoms with van der Waals surface area (Å²) < 4.78 is 32.4. The van der Waals surface area contributed by atoms with Crippen LogP contribution in [0.2, 0.25) is 0 Å². The van der Waals surface area contributed by atoms with Gasteiger partial charge in [-0.05, 0) is 74.5 Å². The predicted octanol–water partition coefficient (Wildman–Crippen LogP) is 4.55. The Hall–Kier alpha value is -3.32. The van der Waals surface area contributed by atoms with Gasteiger partial charge in [0.05, 0.1) is 16.7 Å². The van der Waals surface area contributed by atoms with E-state index in [-0.39, 0.29) is 16.9 Å². The molecule has 0 aromatic heterocycles. The maximum Gasteiger partial charge on any atom is 0.264 e. The number of carbonyl (C=O) groups excluding carboxylic acids is 1. The Morgan fingerprint density at radius 2 is 1.50 bits per heavy atom. The number of rotatable bonds is 7.